The number of allylic oxidation sites excluding steroid dienone is 1. The van der Waals surface area contributed by atoms with Crippen molar-refractivity contribution in [1.82, 2.24) is 0 Å². The van der Waals surface area contributed by atoms with Gasteiger partial charge in [0.25, 0.3) is 0 Å². The summed E-state index contributed by atoms with van der Waals surface area (Å²) in [4.78, 5) is 2.06. The standard InChI is InChI=1S/C22H30BrCl/c23-16-15-19-5-11-21(12-6-19)20-9-3-17(4-10-20)1-2-18-7-13-22(24)14-8-18/h7-8,13-17,19-21H,1-6,9-12H2. The molecule has 0 bridgehead atoms. The first-order valence-corrected chi connectivity index (χ1v) is 11.0. The highest BCUT2D eigenvalue weighted by atomic mass is 79.9. The van der Waals surface area contributed by atoms with E-state index in [1.54, 1.807) is 0 Å². The fraction of sp³-hybridized carbons (Fsp3) is 0.636. The summed E-state index contributed by atoms with van der Waals surface area (Å²) in [6, 6.07) is 8.42. The Hall–Kier alpha value is -0.270. The molecule has 0 heterocycles. The van der Waals surface area contributed by atoms with E-state index in [9.17, 15) is 0 Å². The molecule has 0 atom stereocenters. The molecular weight excluding hydrogens is 380 g/mol. The van der Waals surface area contributed by atoms with E-state index in [4.69, 9.17) is 11.6 Å². The highest BCUT2D eigenvalue weighted by Crippen LogP contribution is 2.42. The SMILES string of the molecule is Clc1ccc(CCC2CCC(C3CCC(C=CBr)CC3)CC2)cc1. The second-order valence-electron chi connectivity index (χ2n) is 7.94. The summed E-state index contributed by atoms with van der Waals surface area (Å²) in [6.45, 7) is 0. The highest BCUT2D eigenvalue weighted by molar-refractivity contribution is 9.11. The predicted octanol–water partition coefficient (Wildman–Crippen LogP) is 7.79. The number of hydrogen-bond donors (Lipinski definition) is 0. The minimum absolute atomic E-state index is 0.830. The zero-order chi connectivity index (χ0) is 16.8. The molecule has 0 nitrogen and oxygen atoms in total. The maximum absolute atomic E-state index is 5.97. The average Bonchev–Trinajstić information content (AvgIpc) is 2.63. The smallest absolute Gasteiger partial charge is 0.0406 e. The highest BCUT2D eigenvalue weighted by Gasteiger charge is 2.30. The molecule has 2 heteroatoms. The molecule has 0 saturated heterocycles. The zero-order valence-corrected chi connectivity index (χ0v) is 16.9. The maximum atomic E-state index is 5.97. The number of hydrogen-bond acceptors (Lipinski definition) is 0. The molecule has 0 aromatic heterocycles. The van der Waals surface area contributed by atoms with Gasteiger partial charge >= 0.3 is 0 Å². The lowest BCUT2D eigenvalue weighted by molar-refractivity contribution is 0.153. The minimum Gasteiger partial charge on any atom is -0.0843 e. The lowest BCUT2D eigenvalue weighted by atomic mass is 9.68. The summed E-state index contributed by atoms with van der Waals surface area (Å²) in [7, 11) is 0. The summed E-state index contributed by atoms with van der Waals surface area (Å²) in [5.74, 6) is 3.81. The molecule has 2 saturated carbocycles. The topological polar surface area (TPSA) is 0 Å². The third-order valence-corrected chi connectivity index (χ3v) is 7.03. The van der Waals surface area contributed by atoms with E-state index in [1.807, 2.05) is 12.1 Å². The monoisotopic (exact) mass is 408 g/mol. The lowest BCUT2D eigenvalue weighted by Crippen LogP contribution is -2.25. The van der Waals surface area contributed by atoms with Crippen molar-refractivity contribution in [2.45, 2.75) is 64.2 Å². The van der Waals surface area contributed by atoms with E-state index >= 15 is 0 Å². The minimum atomic E-state index is 0.830. The molecule has 2 aliphatic rings. The van der Waals surface area contributed by atoms with Gasteiger partial charge in [0, 0.05) is 5.02 Å². The van der Waals surface area contributed by atoms with Crippen LogP contribution in [0.15, 0.2) is 35.3 Å². The molecule has 132 valence electrons. The molecule has 0 aliphatic heterocycles. The van der Waals surface area contributed by atoms with Crippen molar-refractivity contribution < 1.29 is 0 Å². The van der Waals surface area contributed by atoms with Crippen molar-refractivity contribution in [3.63, 3.8) is 0 Å². The van der Waals surface area contributed by atoms with Crippen LogP contribution in [-0.2, 0) is 6.42 Å². The van der Waals surface area contributed by atoms with Crippen LogP contribution < -0.4 is 0 Å². The van der Waals surface area contributed by atoms with Crippen LogP contribution in [0.25, 0.3) is 0 Å². The van der Waals surface area contributed by atoms with Gasteiger partial charge in [0.15, 0.2) is 0 Å². The van der Waals surface area contributed by atoms with Crippen molar-refractivity contribution in [3.8, 4) is 0 Å². The van der Waals surface area contributed by atoms with E-state index < -0.39 is 0 Å². The first-order valence-electron chi connectivity index (χ1n) is 9.76. The predicted molar refractivity (Wildman–Crippen MR) is 109 cm³/mol. The fourth-order valence-electron chi connectivity index (χ4n) is 4.88. The van der Waals surface area contributed by atoms with Crippen molar-refractivity contribution in [3.05, 3.63) is 45.9 Å². The molecule has 24 heavy (non-hydrogen) atoms. The van der Waals surface area contributed by atoms with Gasteiger partial charge in [-0.3, -0.25) is 0 Å². The van der Waals surface area contributed by atoms with E-state index in [0.29, 0.717) is 0 Å². The number of halogens is 2. The Balaban J connectivity index is 1.37. The molecule has 0 N–H and O–H groups in total. The summed E-state index contributed by atoms with van der Waals surface area (Å²) in [6.07, 6.45) is 16.5. The van der Waals surface area contributed by atoms with Crippen molar-refractivity contribution >= 4 is 27.5 Å². The fourth-order valence-corrected chi connectivity index (χ4v) is 5.44. The largest absolute Gasteiger partial charge is 0.0843 e. The second-order valence-corrected chi connectivity index (χ2v) is 8.90. The molecular formula is C22H30BrCl. The Bertz CT molecular complexity index is 505. The van der Waals surface area contributed by atoms with E-state index in [1.165, 1.54) is 69.8 Å². The van der Waals surface area contributed by atoms with Gasteiger partial charge in [0.05, 0.1) is 0 Å². The van der Waals surface area contributed by atoms with Crippen LogP contribution >= 0.6 is 27.5 Å². The van der Waals surface area contributed by atoms with Gasteiger partial charge in [-0.1, -0.05) is 58.6 Å². The van der Waals surface area contributed by atoms with Crippen molar-refractivity contribution in [1.29, 1.82) is 0 Å². The molecule has 1 aromatic carbocycles. The number of aryl methyl sites for hydroxylation is 1. The van der Waals surface area contributed by atoms with E-state index in [0.717, 1.165) is 28.7 Å². The Kier molecular flexibility index (Phi) is 7.28. The van der Waals surface area contributed by atoms with Crippen LogP contribution in [0.1, 0.15) is 63.4 Å². The van der Waals surface area contributed by atoms with Gasteiger partial charge in [0.2, 0.25) is 0 Å². The molecule has 2 fully saturated rings. The van der Waals surface area contributed by atoms with Gasteiger partial charge in [0.1, 0.15) is 0 Å². The number of benzene rings is 1. The van der Waals surface area contributed by atoms with Gasteiger partial charge in [-0.05, 0) is 97.7 Å². The Morgan fingerprint density at radius 3 is 2.04 bits per heavy atom. The Morgan fingerprint density at radius 1 is 0.875 bits per heavy atom. The average molecular weight is 410 g/mol. The Labute approximate surface area is 161 Å². The van der Waals surface area contributed by atoms with Gasteiger partial charge in [-0.25, -0.2) is 0 Å². The molecule has 2 aliphatic carbocycles. The first kappa shape index (κ1) is 18.5. The maximum Gasteiger partial charge on any atom is 0.0406 e. The third kappa shape index (κ3) is 5.36. The molecule has 0 amide bonds. The van der Waals surface area contributed by atoms with Crippen LogP contribution in [0, 0.1) is 23.7 Å². The van der Waals surface area contributed by atoms with Gasteiger partial charge in [-0.2, -0.15) is 0 Å². The van der Waals surface area contributed by atoms with Crippen molar-refractivity contribution in [2.75, 3.05) is 0 Å². The van der Waals surface area contributed by atoms with E-state index in [2.05, 4.69) is 39.1 Å². The van der Waals surface area contributed by atoms with Crippen LogP contribution in [0.4, 0.5) is 0 Å². The van der Waals surface area contributed by atoms with Crippen LogP contribution in [-0.4, -0.2) is 0 Å². The summed E-state index contributed by atoms with van der Waals surface area (Å²) < 4.78 is 0. The third-order valence-electron chi connectivity index (χ3n) is 6.47. The van der Waals surface area contributed by atoms with Gasteiger partial charge < -0.3 is 0 Å². The normalized spacial score (nSPS) is 31.4. The summed E-state index contributed by atoms with van der Waals surface area (Å²) in [5, 5.41) is 0.848. The molecule has 0 spiro atoms. The Morgan fingerprint density at radius 2 is 1.46 bits per heavy atom. The van der Waals surface area contributed by atoms with E-state index in [-0.39, 0.29) is 0 Å². The first-order chi connectivity index (χ1) is 11.7. The quantitative estimate of drug-likeness (QED) is 0.465. The second kappa shape index (κ2) is 9.43. The molecule has 3 rings (SSSR count). The zero-order valence-electron chi connectivity index (χ0n) is 14.6. The molecule has 0 unspecified atom stereocenters. The van der Waals surface area contributed by atoms with Crippen LogP contribution in [0.5, 0.6) is 0 Å². The van der Waals surface area contributed by atoms with Crippen LogP contribution in [0.2, 0.25) is 5.02 Å². The summed E-state index contributed by atoms with van der Waals surface area (Å²) in [5.41, 5.74) is 1.44. The van der Waals surface area contributed by atoms with Gasteiger partial charge in [-0.15, -0.1) is 0 Å². The molecule has 1 aromatic rings. The van der Waals surface area contributed by atoms with Crippen LogP contribution in [0.3, 0.4) is 0 Å². The molecule has 0 radical (unpaired) electrons. The summed E-state index contributed by atoms with van der Waals surface area (Å²) >= 11 is 9.40. The van der Waals surface area contributed by atoms with Crippen molar-refractivity contribution in [2.24, 2.45) is 23.7 Å². The lowest BCUT2D eigenvalue weighted by Gasteiger charge is -2.37. The number of rotatable bonds is 5.